The number of anilines is 1. The first-order valence-corrected chi connectivity index (χ1v) is 9.49. The van der Waals surface area contributed by atoms with E-state index >= 15 is 0 Å². The molecule has 0 aromatic heterocycles. The van der Waals surface area contributed by atoms with Crippen molar-refractivity contribution in [2.75, 3.05) is 32.8 Å². The lowest BCUT2D eigenvalue weighted by Crippen LogP contribution is -2.18. The number of nitrogens with one attached hydrogen (secondary N) is 1. The zero-order valence-electron chi connectivity index (χ0n) is 17.8. The predicted octanol–water partition coefficient (Wildman–Crippen LogP) is 3.53. The smallest absolute Gasteiger partial charge is 0.387 e. The van der Waals surface area contributed by atoms with Gasteiger partial charge in [-0.1, -0.05) is 0 Å². The van der Waals surface area contributed by atoms with Crippen LogP contribution in [-0.2, 0) is 4.79 Å². The zero-order chi connectivity index (χ0) is 24.8. The topological polar surface area (TPSA) is 142 Å². The van der Waals surface area contributed by atoms with Gasteiger partial charge in [0.2, 0.25) is 5.75 Å². The van der Waals surface area contributed by atoms with Crippen LogP contribution < -0.4 is 29.0 Å². The fourth-order valence-electron chi connectivity index (χ4n) is 3.02. The molecule has 0 saturated heterocycles. The third kappa shape index (κ3) is 5.23. The van der Waals surface area contributed by atoms with Crippen molar-refractivity contribution in [1.82, 2.24) is 0 Å². The fraction of sp³-hybridized carbons (Fsp3) is 0.238. The normalized spacial score (nSPS) is 12.5. The lowest BCUT2D eigenvalue weighted by molar-refractivity contribution is -0.384. The number of nitro benzene ring substituents is 1. The van der Waals surface area contributed by atoms with Crippen molar-refractivity contribution < 1.29 is 42.2 Å². The summed E-state index contributed by atoms with van der Waals surface area (Å²) in [4.78, 5) is 23.5. The van der Waals surface area contributed by atoms with E-state index in [1.54, 1.807) is 6.07 Å². The number of hydrogen-bond acceptors (Lipinski definition) is 9. The van der Waals surface area contributed by atoms with Gasteiger partial charge in [0.15, 0.2) is 23.0 Å². The molecule has 1 amide bonds. The molecule has 11 nitrogen and oxygen atoms in total. The third-order valence-corrected chi connectivity index (χ3v) is 4.47. The van der Waals surface area contributed by atoms with Gasteiger partial charge in [0, 0.05) is 6.07 Å². The average molecular weight is 477 g/mol. The van der Waals surface area contributed by atoms with Gasteiger partial charge in [0.05, 0.1) is 25.2 Å². The minimum atomic E-state index is -3.15. The Hall–Kier alpha value is -4.60. The number of methoxy groups -OCH3 is 2. The van der Waals surface area contributed by atoms with E-state index in [2.05, 4.69) is 10.1 Å². The first kappa shape index (κ1) is 24.1. The molecule has 0 spiro atoms. The lowest BCUT2D eigenvalue weighted by Gasteiger charge is -2.19. The van der Waals surface area contributed by atoms with Crippen LogP contribution in [0.1, 0.15) is 5.56 Å². The summed E-state index contributed by atoms with van der Waals surface area (Å²) >= 11 is 0. The maximum atomic E-state index is 12.7. The summed E-state index contributed by atoms with van der Waals surface area (Å²) in [6.45, 7) is -2.71. The van der Waals surface area contributed by atoms with Crippen molar-refractivity contribution >= 4 is 23.4 Å². The molecule has 1 aliphatic heterocycles. The summed E-state index contributed by atoms with van der Waals surface area (Å²) < 4.78 is 50.6. The largest absolute Gasteiger partial charge is 0.493 e. The molecule has 2 aromatic rings. The highest BCUT2D eigenvalue weighted by Crippen LogP contribution is 2.41. The summed E-state index contributed by atoms with van der Waals surface area (Å²) in [6.07, 6.45) is 1.12. The van der Waals surface area contributed by atoms with Crippen molar-refractivity contribution in [2.24, 2.45) is 0 Å². The fourth-order valence-corrected chi connectivity index (χ4v) is 3.02. The molecule has 0 atom stereocenters. The molecule has 0 bridgehead atoms. The van der Waals surface area contributed by atoms with Crippen LogP contribution in [0.4, 0.5) is 20.2 Å². The molecule has 1 aliphatic rings. The van der Waals surface area contributed by atoms with Crippen molar-refractivity contribution in [3.05, 3.63) is 45.5 Å². The maximum Gasteiger partial charge on any atom is 0.387 e. The summed E-state index contributed by atoms with van der Waals surface area (Å²) in [5, 5.41) is 23.3. The highest BCUT2D eigenvalue weighted by atomic mass is 19.3. The monoisotopic (exact) mass is 477 g/mol. The number of nitro groups is 1. The van der Waals surface area contributed by atoms with Crippen LogP contribution in [0.3, 0.4) is 0 Å². The Kier molecular flexibility index (Phi) is 7.32. The van der Waals surface area contributed by atoms with Crippen molar-refractivity contribution in [3.8, 4) is 34.8 Å². The van der Waals surface area contributed by atoms with Crippen molar-refractivity contribution in [2.45, 2.75) is 6.61 Å². The quantitative estimate of drug-likeness (QED) is 0.261. The number of benzene rings is 2. The molecule has 3 rings (SSSR count). The number of halogens is 2. The molecule has 178 valence electrons. The van der Waals surface area contributed by atoms with E-state index in [0.29, 0.717) is 0 Å². The van der Waals surface area contributed by atoms with E-state index in [0.717, 1.165) is 12.1 Å². The minimum Gasteiger partial charge on any atom is -0.493 e. The maximum absolute atomic E-state index is 12.7. The van der Waals surface area contributed by atoms with Gasteiger partial charge < -0.3 is 29.0 Å². The molecule has 34 heavy (non-hydrogen) atoms. The van der Waals surface area contributed by atoms with Crippen LogP contribution in [0, 0.1) is 21.4 Å². The number of amides is 1. The number of ether oxygens (including phenoxy) is 5. The Morgan fingerprint density at radius 1 is 1.18 bits per heavy atom. The molecular formula is C21H17F2N3O8. The van der Waals surface area contributed by atoms with E-state index in [4.69, 9.17) is 18.9 Å². The van der Waals surface area contributed by atoms with Crippen LogP contribution in [0.5, 0.6) is 28.7 Å². The summed E-state index contributed by atoms with van der Waals surface area (Å²) in [5.41, 5.74) is -0.947. The molecule has 0 fully saturated rings. The van der Waals surface area contributed by atoms with Crippen molar-refractivity contribution in [3.63, 3.8) is 0 Å². The second-order valence-electron chi connectivity index (χ2n) is 6.53. The molecule has 13 heteroatoms. The number of hydrogen-bond donors (Lipinski definition) is 1. The predicted molar refractivity (Wildman–Crippen MR) is 112 cm³/mol. The van der Waals surface area contributed by atoms with E-state index < -0.39 is 28.7 Å². The summed E-state index contributed by atoms with van der Waals surface area (Å²) in [5.74, 6) is -1.26. The Morgan fingerprint density at radius 2 is 1.76 bits per heavy atom. The minimum absolute atomic E-state index is 0.133. The Balaban J connectivity index is 1.96. The number of fused-ring (bicyclic) bond motifs is 1. The van der Waals surface area contributed by atoms with Gasteiger partial charge in [-0.25, -0.2) is 0 Å². The highest BCUT2D eigenvalue weighted by Gasteiger charge is 2.25. The van der Waals surface area contributed by atoms with Gasteiger partial charge in [-0.3, -0.25) is 14.9 Å². The van der Waals surface area contributed by atoms with Crippen LogP contribution >= 0.6 is 0 Å². The summed E-state index contributed by atoms with van der Waals surface area (Å²) in [6, 6.07) is 6.52. The number of nitrogens with zero attached hydrogens (tertiary/aromatic N) is 2. The zero-order valence-corrected chi connectivity index (χ0v) is 17.8. The van der Waals surface area contributed by atoms with Gasteiger partial charge in [-0.15, -0.1) is 0 Å². The molecule has 0 unspecified atom stereocenters. The second-order valence-corrected chi connectivity index (χ2v) is 6.53. The average Bonchev–Trinajstić information content (AvgIpc) is 2.81. The van der Waals surface area contributed by atoms with Crippen LogP contribution in [0.2, 0.25) is 0 Å². The van der Waals surface area contributed by atoms with Gasteiger partial charge in [-0.2, -0.15) is 14.0 Å². The number of rotatable bonds is 8. The van der Waals surface area contributed by atoms with E-state index in [1.165, 1.54) is 32.4 Å². The second kappa shape index (κ2) is 10.3. The Morgan fingerprint density at radius 3 is 2.26 bits per heavy atom. The SMILES string of the molecule is COc1cc(/C=C(\C#N)C(=O)Nc2cc3c(cc2[N+](=O)[O-])OCCO3)cc(OC)c1OC(F)F. The van der Waals surface area contributed by atoms with Gasteiger partial charge in [0.25, 0.3) is 11.6 Å². The standard InChI is InChI=1S/C21H17F2N3O8/c1-30-17-6-11(7-18(31-2)19(17)34-21(22)23)5-12(10-24)20(27)25-13-8-15-16(33-4-3-32-15)9-14(13)26(28)29/h5-9,21H,3-4H2,1-2H3,(H,25,27)/b12-5+. The Bertz CT molecular complexity index is 1170. The molecule has 0 radical (unpaired) electrons. The number of carbonyl (C=O) groups is 1. The van der Waals surface area contributed by atoms with Gasteiger partial charge >= 0.3 is 6.61 Å². The van der Waals surface area contributed by atoms with Gasteiger partial charge in [0.1, 0.15) is 30.5 Å². The molecule has 1 N–H and O–H groups in total. The van der Waals surface area contributed by atoms with E-state index in [1.807, 2.05) is 0 Å². The van der Waals surface area contributed by atoms with Crippen LogP contribution in [-0.4, -0.2) is 44.9 Å². The molecule has 1 heterocycles. The van der Waals surface area contributed by atoms with Crippen LogP contribution in [0.25, 0.3) is 6.08 Å². The number of alkyl halides is 2. The highest BCUT2D eigenvalue weighted by molar-refractivity contribution is 6.10. The van der Waals surface area contributed by atoms with E-state index in [9.17, 15) is 29.0 Å². The molecule has 0 saturated carbocycles. The molecule has 0 aliphatic carbocycles. The number of nitriles is 1. The lowest BCUT2D eigenvalue weighted by atomic mass is 10.1. The molecular weight excluding hydrogens is 460 g/mol. The first-order chi connectivity index (χ1) is 16.3. The van der Waals surface area contributed by atoms with Gasteiger partial charge in [-0.05, 0) is 23.8 Å². The third-order valence-electron chi connectivity index (χ3n) is 4.47. The van der Waals surface area contributed by atoms with Crippen LogP contribution in [0.15, 0.2) is 29.8 Å². The van der Waals surface area contributed by atoms with Crippen molar-refractivity contribution in [1.29, 1.82) is 5.26 Å². The Labute approximate surface area is 191 Å². The number of carbonyl (C=O) groups excluding carboxylic acids is 1. The molecule has 2 aromatic carbocycles. The summed E-state index contributed by atoms with van der Waals surface area (Å²) in [7, 11) is 2.42. The van der Waals surface area contributed by atoms with E-state index in [-0.39, 0.29) is 53.2 Å². The first-order valence-electron chi connectivity index (χ1n) is 9.49.